The van der Waals surface area contributed by atoms with E-state index in [1.807, 2.05) is 6.08 Å². The van der Waals surface area contributed by atoms with Crippen molar-refractivity contribution >= 4 is 29.1 Å². The molecule has 0 aliphatic carbocycles. The van der Waals surface area contributed by atoms with Gasteiger partial charge in [0.05, 0.1) is 15.6 Å². The maximum Gasteiger partial charge on any atom is 0.256 e. The zero-order valence-corrected chi connectivity index (χ0v) is 12.1. The number of carbonyl (C=O) groups is 1. The van der Waals surface area contributed by atoms with Crippen LogP contribution < -0.4 is 0 Å². The molecule has 1 saturated heterocycles. The van der Waals surface area contributed by atoms with Crippen LogP contribution in [0.2, 0.25) is 10.0 Å². The molecule has 0 N–H and O–H groups in total. The molecule has 1 aliphatic heterocycles. The minimum atomic E-state index is -0.0890. The standard InChI is InChI=1S/C14H16Cl2N2O/c1-2-6-17-7-9-18(10-8-17)14(19)13-11(15)4-3-5-12(13)16/h2-5H,1,6-10H2. The molecule has 102 valence electrons. The van der Waals surface area contributed by atoms with Crippen LogP contribution in [-0.2, 0) is 0 Å². The van der Waals surface area contributed by atoms with E-state index in [1.54, 1.807) is 23.1 Å². The Kier molecular flexibility index (Phi) is 4.86. The molecule has 3 nitrogen and oxygen atoms in total. The van der Waals surface area contributed by atoms with Crippen LogP contribution in [0.15, 0.2) is 30.9 Å². The Morgan fingerprint density at radius 1 is 1.21 bits per heavy atom. The van der Waals surface area contributed by atoms with Gasteiger partial charge < -0.3 is 4.90 Å². The molecule has 0 bridgehead atoms. The van der Waals surface area contributed by atoms with Crippen LogP contribution in [0, 0.1) is 0 Å². The molecule has 1 fully saturated rings. The predicted octanol–water partition coefficient (Wildman–Crippen LogP) is 2.94. The lowest BCUT2D eigenvalue weighted by atomic mass is 10.1. The first-order chi connectivity index (χ1) is 9.13. The monoisotopic (exact) mass is 298 g/mol. The minimum Gasteiger partial charge on any atom is -0.336 e. The number of rotatable bonds is 3. The third kappa shape index (κ3) is 3.30. The van der Waals surface area contributed by atoms with Crippen molar-refractivity contribution in [2.45, 2.75) is 0 Å². The number of nitrogens with zero attached hydrogens (tertiary/aromatic N) is 2. The topological polar surface area (TPSA) is 23.6 Å². The molecule has 0 atom stereocenters. The Labute approximate surface area is 123 Å². The maximum atomic E-state index is 12.4. The Hall–Kier alpha value is -1.03. The molecule has 0 saturated carbocycles. The molecule has 1 aliphatic rings. The molecule has 1 heterocycles. The van der Waals surface area contributed by atoms with Crippen molar-refractivity contribution in [1.29, 1.82) is 0 Å². The first-order valence-corrected chi connectivity index (χ1v) is 6.95. The quantitative estimate of drug-likeness (QED) is 0.801. The van der Waals surface area contributed by atoms with Crippen LogP contribution in [0.4, 0.5) is 0 Å². The maximum absolute atomic E-state index is 12.4. The van der Waals surface area contributed by atoms with Crippen LogP contribution in [0.5, 0.6) is 0 Å². The summed E-state index contributed by atoms with van der Waals surface area (Å²) in [5.41, 5.74) is 0.406. The lowest BCUT2D eigenvalue weighted by molar-refractivity contribution is 0.0650. The molecule has 1 aromatic rings. The highest BCUT2D eigenvalue weighted by Gasteiger charge is 2.24. The summed E-state index contributed by atoms with van der Waals surface area (Å²) < 4.78 is 0. The number of halogens is 2. The predicted molar refractivity (Wildman–Crippen MR) is 79.0 cm³/mol. The normalized spacial score (nSPS) is 16.4. The van der Waals surface area contributed by atoms with Gasteiger partial charge in [-0.25, -0.2) is 0 Å². The van der Waals surface area contributed by atoms with Gasteiger partial charge in [-0.3, -0.25) is 9.69 Å². The van der Waals surface area contributed by atoms with Crippen LogP contribution >= 0.6 is 23.2 Å². The first kappa shape index (κ1) is 14.4. The van der Waals surface area contributed by atoms with Crippen molar-refractivity contribution in [3.05, 3.63) is 46.5 Å². The van der Waals surface area contributed by atoms with Crippen LogP contribution in [-0.4, -0.2) is 48.4 Å². The van der Waals surface area contributed by atoms with Crippen LogP contribution in [0.3, 0.4) is 0 Å². The minimum absolute atomic E-state index is 0.0890. The molecule has 19 heavy (non-hydrogen) atoms. The SMILES string of the molecule is C=CCN1CCN(C(=O)c2c(Cl)cccc2Cl)CC1. The number of benzene rings is 1. The summed E-state index contributed by atoms with van der Waals surface area (Å²) in [6, 6.07) is 5.12. The lowest BCUT2D eigenvalue weighted by Gasteiger charge is -2.34. The largest absolute Gasteiger partial charge is 0.336 e. The number of amides is 1. The van der Waals surface area contributed by atoms with Gasteiger partial charge in [0.1, 0.15) is 0 Å². The zero-order valence-electron chi connectivity index (χ0n) is 10.6. The second kappa shape index (κ2) is 6.42. The van der Waals surface area contributed by atoms with Crippen molar-refractivity contribution in [2.24, 2.45) is 0 Å². The van der Waals surface area contributed by atoms with E-state index < -0.39 is 0 Å². The second-order valence-corrected chi connectivity index (χ2v) is 5.29. The molecule has 0 unspecified atom stereocenters. The van der Waals surface area contributed by atoms with Gasteiger partial charge in [-0.05, 0) is 12.1 Å². The van der Waals surface area contributed by atoms with Crippen molar-refractivity contribution < 1.29 is 4.79 Å². The number of hydrogen-bond donors (Lipinski definition) is 0. The Balaban J connectivity index is 2.07. The third-order valence-corrected chi connectivity index (χ3v) is 3.85. The summed E-state index contributed by atoms with van der Waals surface area (Å²) in [5.74, 6) is -0.0890. The van der Waals surface area contributed by atoms with E-state index in [0.717, 1.165) is 19.6 Å². The van der Waals surface area contributed by atoms with Crippen LogP contribution in [0.1, 0.15) is 10.4 Å². The zero-order chi connectivity index (χ0) is 13.8. The van der Waals surface area contributed by atoms with Crippen molar-refractivity contribution in [2.75, 3.05) is 32.7 Å². The number of carbonyl (C=O) groups excluding carboxylic acids is 1. The lowest BCUT2D eigenvalue weighted by Crippen LogP contribution is -2.48. The van der Waals surface area contributed by atoms with E-state index in [-0.39, 0.29) is 5.91 Å². The Bertz CT molecular complexity index is 462. The summed E-state index contributed by atoms with van der Waals surface area (Å²) in [6.45, 7) is 7.65. The van der Waals surface area contributed by atoms with Crippen molar-refractivity contribution in [1.82, 2.24) is 9.80 Å². The summed E-state index contributed by atoms with van der Waals surface area (Å²) in [6.07, 6.45) is 1.88. The number of hydrogen-bond acceptors (Lipinski definition) is 2. The molecule has 1 aromatic carbocycles. The van der Waals surface area contributed by atoms with Crippen molar-refractivity contribution in [3.8, 4) is 0 Å². The highest BCUT2D eigenvalue weighted by Crippen LogP contribution is 2.26. The fourth-order valence-electron chi connectivity index (χ4n) is 2.18. The highest BCUT2D eigenvalue weighted by molar-refractivity contribution is 6.39. The van der Waals surface area contributed by atoms with Gasteiger partial charge in [0.15, 0.2) is 0 Å². The van der Waals surface area contributed by atoms with E-state index in [9.17, 15) is 4.79 Å². The molecule has 5 heteroatoms. The third-order valence-electron chi connectivity index (χ3n) is 3.22. The molecular weight excluding hydrogens is 283 g/mol. The molecule has 0 spiro atoms. The van der Waals surface area contributed by atoms with Gasteiger partial charge in [-0.15, -0.1) is 6.58 Å². The Morgan fingerprint density at radius 2 is 1.79 bits per heavy atom. The summed E-state index contributed by atoms with van der Waals surface area (Å²) in [7, 11) is 0. The molecule has 0 radical (unpaired) electrons. The Morgan fingerprint density at radius 3 is 2.32 bits per heavy atom. The van der Waals surface area contributed by atoms with Crippen molar-refractivity contribution in [3.63, 3.8) is 0 Å². The van der Waals surface area contributed by atoms with E-state index in [1.165, 1.54) is 0 Å². The summed E-state index contributed by atoms with van der Waals surface area (Å²) in [5, 5.41) is 0.817. The second-order valence-electron chi connectivity index (χ2n) is 4.48. The van der Waals surface area contributed by atoms with E-state index in [2.05, 4.69) is 11.5 Å². The average molecular weight is 299 g/mol. The molecule has 1 amide bonds. The fourth-order valence-corrected chi connectivity index (χ4v) is 2.74. The van der Waals surface area contributed by atoms with Gasteiger partial charge in [0.2, 0.25) is 0 Å². The number of piperazine rings is 1. The molecular formula is C14H16Cl2N2O. The first-order valence-electron chi connectivity index (χ1n) is 6.20. The summed E-state index contributed by atoms with van der Waals surface area (Å²) >= 11 is 12.1. The van der Waals surface area contributed by atoms with E-state index in [4.69, 9.17) is 23.2 Å². The van der Waals surface area contributed by atoms with Gasteiger partial charge in [0.25, 0.3) is 5.91 Å². The van der Waals surface area contributed by atoms with Gasteiger partial charge >= 0.3 is 0 Å². The van der Waals surface area contributed by atoms with Gasteiger partial charge in [-0.2, -0.15) is 0 Å². The smallest absolute Gasteiger partial charge is 0.256 e. The molecule has 0 aromatic heterocycles. The van der Waals surface area contributed by atoms with E-state index in [0.29, 0.717) is 28.7 Å². The molecule has 2 rings (SSSR count). The average Bonchev–Trinajstić information content (AvgIpc) is 2.39. The van der Waals surface area contributed by atoms with E-state index >= 15 is 0 Å². The fraction of sp³-hybridized carbons (Fsp3) is 0.357. The summed E-state index contributed by atoms with van der Waals surface area (Å²) in [4.78, 5) is 16.5. The van der Waals surface area contributed by atoms with Gasteiger partial charge in [-0.1, -0.05) is 35.3 Å². The highest BCUT2D eigenvalue weighted by atomic mass is 35.5. The van der Waals surface area contributed by atoms with Gasteiger partial charge in [0, 0.05) is 32.7 Å². The van der Waals surface area contributed by atoms with Crippen LogP contribution in [0.25, 0.3) is 0 Å².